The van der Waals surface area contributed by atoms with Gasteiger partial charge in [0, 0.05) is 0 Å². The van der Waals surface area contributed by atoms with E-state index in [1.54, 1.807) is 0 Å². The fourth-order valence-corrected chi connectivity index (χ4v) is 4.74. The molecule has 0 spiro atoms. The van der Waals surface area contributed by atoms with Gasteiger partial charge in [-0.3, -0.25) is 0 Å². The molecule has 0 aliphatic heterocycles. The molecular formula is C29H26. The number of rotatable bonds is 2. The summed E-state index contributed by atoms with van der Waals surface area (Å²) in [5.41, 5.74) is 10.3. The van der Waals surface area contributed by atoms with Crippen molar-refractivity contribution < 1.29 is 0 Å². The normalized spacial score (nSPS) is 14.6. The van der Waals surface area contributed by atoms with Gasteiger partial charge in [-0.25, -0.2) is 0 Å². The molecule has 0 amide bonds. The second-order valence-electron chi connectivity index (χ2n) is 8.38. The smallest absolute Gasteiger partial charge is 0.0590 e. The number of hydrogen-bond donors (Lipinski definition) is 0. The monoisotopic (exact) mass is 374 g/mol. The zero-order valence-corrected chi connectivity index (χ0v) is 17.2. The summed E-state index contributed by atoms with van der Waals surface area (Å²) in [6.45, 7) is 4.31. The molecule has 0 saturated carbocycles. The second-order valence-corrected chi connectivity index (χ2v) is 8.38. The maximum Gasteiger partial charge on any atom is 0.0701 e. The van der Waals surface area contributed by atoms with Crippen LogP contribution in [0.2, 0.25) is 0 Å². The minimum Gasteiger partial charge on any atom is -0.0590 e. The Balaban J connectivity index is 1.90. The highest BCUT2D eigenvalue weighted by atomic mass is 14.4. The van der Waals surface area contributed by atoms with Gasteiger partial charge in [0.15, 0.2) is 0 Å². The number of aryl methyl sites for hydroxylation is 4. The standard InChI is InChI=1S/C29H26/c1-21-3-13-25(14-4-21)29(26-15-5-22(2)6-16-26)27-17-9-23(10-18-27)7-8-24-11-19-28(29)20-12-24/h3-6,9-20H,7-8H2,1-2H3. The van der Waals surface area contributed by atoms with Gasteiger partial charge in [-0.1, -0.05) is 108 Å². The van der Waals surface area contributed by atoms with Crippen LogP contribution in [0, 0.1) is 13.8 Å². The Morgan fingerprint density at radius 2 is 0.690 bits per heavy atom. The van der Waals surface area contributed by atoms with E-state index < -0.39 is 0 Å². The molecule has 142 valence electrons. The van der Waals surface area contributed by atoms with E-state index in [0.29, 0.717) is 0 Å². The molecule has 0 heterocycles. The molecule has 8 rings (SSSR count). The van der Waals surface area contributed by atoms with Gasteiger partial charge in [0.05, 0.1) is 5.41 Å². The van der Waals surface area contributed by atoms with Crippen LogP contribution in [0.3, 0.4) is 0 Å². The molecule has 4 aromatic carbocycles. The van der Waals surface area contributed by atoms with Crippen LogP contribution in [-0.4, -0.2) is 0 Å². The number of hydrogen-bond acceptors (Lipinski definition) is 0. The van der Waals surface area contributed by atoms with Gasteiger partial charge in [0.2, 0.25) is 0 Å². The zero-order chi connectivity index (χ0) is 19.8. The summed E-state index contributed by atoms with van der Waals surface area (Å²) < 4.78 is 0. The first kappa shape index (κ1) is 17.9. The van der Waals surface area contributed by atoms with Crippen molar-refractivity contribution in [2.75, 3.05) is 0 Å². The molecule has 0 nitrogen and oxygen atoms in total. The average molecular weight is 375 g/mol. The van der Waals surface area contributed by atoms with Crippen LogP contribution in [0.25, 0.3) is 0 Å². The summed E-state index contributed by atoms with van der Waals surface area (Å²) in [5, 5.41) is 0. The summed E-state index contributed by atoms with van der Waals surface area (Å²) >= 11 is 0. The highest BCUT2D eigenvalue weighted by Crippen LogP contribution is 2.45. The lowest BCUT2D eigenvalue weighted by Gasteiger charge is -2.37. The van der Waals surface area contributed by atoms with Crippen molar-refractivity contribution in [1.82, 2.24) is 0 Å². The molecule has 0 N–H and O–H groups in total. The molecule has 4 aliphatic carbocycles. The van der Waals surface area contributed by atoms with Gasteiger partial charge in [-0.15, -0.1) is 0 Å². The lowest BCUT2D eigenvalue weighted by Crippen LogP contribution is -2.31. The van der Waals surface area contributed by atoms with Gasteiger partial charge in [0.1, 0.15) is 0 Å². The Labute approximate surface area is 173 Å². The van der Waals surface area contributed by atoms with E-state index in [-0.39, 0.29) is 5.41 Å². The molecule has 0 atom stereocenters. The number of benzene rings is 4. The van der Waals surface area contributed by atoms with E-state index >= 15 is 0 Å². The van der Waals surface area contributed by atoms with Gasteiger partial charge < -0.3 is 0 Å². The van der Waals surface area contributed by atoms with E-state index in [1.807, 2.05) is 0 Å². The van der Waals surface area contributed by atoms with Crippen molar-refractivity contribution in [1.29, 1.82) is 0 Å². The molecule has 0 fully saturated rings. The minimum absolute atomic E-state index is 0.331. The Kier molecular flexibility index (Phi) is 4.36. The summed E-state index contributed by atoms with van der Waals surface area (Å²) in [7, 11) is 0. The van der Waals surface area contributed by atoms with Crippen molar-refractivity contribution in [3.05, 3.63) is 142 Å². The van der Waals surface area contributed by atoms with Crippen LogP contribution >= 0.6 is 0 Å². The predicted octanol–water partition coefficient (Wildman–Crippen LogP) is 6.78. The zero-order valence-electron chi connectivity index (χ0n) is 17.2. The molecule has 0 heteroatoms. The molecule has 0 unspecified atom stereocenters. The fourth-order valence-electron chi connectivity index (χ4n) is 4.74. The van der Waals surface area contributed by atoms with Gasteiger partial charge in [0.25, 0.3) is 0 Å². The Bertz CT molecular complexity index is 1020. The van der Waals surface area contributed by atoms with Gasteiger partial charge in [-0.2, -0.15) is 0 Å². The van der Waals surface area contributed by atoms with Crippen molar-refractivity contribution in [2.24, 2.45) is 0 Å². The quantitative estimate of drug-likeness (QED) is 0.362. The van der Waals surface area contributed by atoms with Crippen molar-refractivity contribution in [3.8, 4) is 0 Å². The van der Waals surface area contributed by atoms with Crippen molar-refractivity contribution >= 4 is 0 Å². The molecule has 4 aliphatic rings. The topological polar surface area (TPSA) is 0 Å². The Hall–Kier alpha value is -3.12. The lowest BCUT2D eigenvalue weighted by molar-refractivity contribution is 0.744. The molecular weight excluding hydrogens is 348 g/mol. The Morgan fingerprint density at radius 1 is 0.414 bits per heavy atom. The summed E-state index contributed by atoms with van der Waals surface area (Å²) in [6, 6.07) is 36.8. The van der Waals surface area contributed by atoms with E-state index in [9.17, 15) is 0 Å². The maximum absolute atomic E-state index is 2.34. The summed E-state index contributed by atoms with van der Waals surface area (Å²) in [6.07, 6.45) is 2.17. The first-order chi connectivity index (χ1) is 14.2. The maximum atomic E-state index is 2.34. The van der Waals surface area contributed by atoms with E-state index in [1.165, 1.54) is 44.5 Å². The van der Waals surface area contributed by atoms with Gasteiger partial charge >= 0.3 is 0 Å². The summed E-state index contributed by atoms with van der Waals surface area (Å²) in [5.74, 6) is 0. The van der Waals surface area contributed by atoms with E-state index in [0.717, 1.165) is 12.8 Å². The SMILES string of the molecule is Cc1ccc(C2(c3ccc(C)cc3)c3ccc(cc3)CCc3ccc2cc3)cc1. The first-order valence-corrected chi connectivity index (χ1v) is 10.5. The van der Waals surface area contributed by atoms with Crippen LogP contribution < -0.4 is 0 Å². The summed E-state index contributed by atoms with van der Waals surface area (Å²) in [4.78, 5) is 0. The van der Waals surface area contributed by atoms with Crippen LogP contribution in [0.5, 0.6) is 0 Å². The molecule has 0 saturated heterocycles. The van der Waals surface area contributed by atoms with Crippen LogP contribution in [0.15, 0.2) is 97.1 Å². The highest BCUT2D eigenvalue weighted by Gasteiger charge is 2.38. The highest BCUT2D eigenvalue weighted by molar-refractivity contribution is 5.60. The first-order valence-electron chi connectivity index (χ1n) is 10.5. The molecule has 0 aromatic heterocycles. The van der Waals surface area contributed by atoms with Crippen molar-refractivity contribution in [2.45, 2.75) is 32.1 Å². The van der Waals surface area contributed by atoms with Gasteiger partial charge in [-0.05, 0) is 60.1 Å². The molecule has 0 radical (unpaired) electrons. The lowest BCUT2D eigenvalue weighted by atomic mass is 9.65. The van der Waals surface area contributed by atoms with Crippen LogP contribution in [0.4, 0.5) is 0 Å². The van der Waals surface area contributed by atoms with E-state index in [4.69, 9.17) is 0 Å². The average Bonchev–Trinajstić information content (AvgIpc) is 2.84. The van der Waals surface area contributed by atoms with Crippen LogP contribution in [0.1, 0.15) is 44.5 Å². The second kappa shape index (κ2) is 7.04. The third kappa shape index (κ3) is 3.00. The molecule has 4 aromatic rings. The predicted molar refractivity (Wildman–Crippen MR) is 122 cm³/mol. The Morgan fingerprint density at radius 3 is 1.00 bits per heavy atom. The van der Waals surface area contributed by atoms with E-state index in [2.05, 4.69) is 111 Å². The van der Waals surface area contributed by atoms with Crippen molar-refractivity contribution in [3.63, 3.8) is 0 Å². The molecule has 4 bridgehead atoms. The third-order valence-corrected chi connectivity index (χ3v) is 6.45. The van der Waals surface area contributed by atoms with Crippen LogP contribution in [-0.2, 0) is 18.3 Å². The fraction of sp³-hybridized carbons (Fsp3) is 0.172. The third-order valence-electron chi connectivity index (χ3n) is 6.45. The molecule has 29 heavy (non-hydrogen) atoms. The minimum atomic E-state index is -0.331. The largest absolute Gasteiger partial charge is 0.0701 e.